The van der Waals surface area contributed by atoms with Crippen molar-refractivity contribution in [2.24, 2.45) is 0 Å². The molecule has 60 valence electrons. The number of hydrogen-bond acceptors (Lipinski definition) is 3. The number of hydrogen-bond donors (Lipinski definition) is 2. The van der Waals surface area contributed by atoms with Gasteiger partial charge in [-0.05, 0) is 12.1 Å². The Kier molecular flexibility index (Phi) is 2.46. The number of phenols is 1. The Morgan fingerprint density at radius 3 is 2.27 bits per heavy atom. The zero-order valence-corrected chi connectivity index (χ0v) is 6.19. The van der Waals surface area contributed by atoms with E-state index in [4.69, 9.17) is 10.2 Å². The maximum atomic E-state index is 9.12. The smallest absolute Gasteiger partial charge is 0.180 e. The zero-order valence-electron chi connectivity index (χ0n) is 6.19. The first-order valence-electron chi connectivity index (χ1n) is 3.24. The van der Waals surface area contributed by atoms with Gasteiger partial charge in [-0.25, -0.2) is 0 Å². The average molecular weight is 154 g/mol. The number of aliphatic hydroxyl groups excluding tert-OH is 1. The Labute approximate surface area is 64.9 Å². The predicted molar refractivity (Wildman–Crippen MR) is 40.1 cm³/mol. The molecule has 0 aromatic heterocycles. The standard InChI is InChI=1S/C8H10O3/c1-11-8(10)6-2-4-7(9)5-3-6/h2-5,8-10H,1H3. The molecule has 0 saturated carbocycles. The fourth-order valence-corrected chi connectivity index (χ4v) is 0.775. The van der Waals surface area contributed by atoms with E-state index in [-0.39, 0.29) is 5.75 Å². The number of aliphatic hydroxyl groups is 1. The molecule has 0 radical (unpaired) electrons. The van der Waals surface area contributed by atoms with Gasteiger partial charge < -0.3 is 14.9 Å². The number of ether oxygens (including phenoxy) is 1. The molecular weight excluding hydrogens is 144 g/mol. The number of phenolic OH excluding ortho intramolecular Hbond substituents is 1. The number of benzene rings is 1. The van der Waals surface area contributed by atoms with Crippen molar-refractivity contribution in [2.45, 2.75) is 6.29 Å². The minimum Gasteiger partial charge on any atom is -0.508 e. The Balaban J connectivity index is 2.81. The van der Waals surface area contributed by atoms with Gasteiger partial charge in [-0.3, -0.25) is 0 Å². The van der Waals surface area contributed by atoms with Crippen molar-refractivity contribution in [3.8, 4) is 5.75 Å². The van der Waals surface area contributed by atoms with Gasteiger partial charge in [0.15, 0.2) is 6.29 Å². The number of rotatable bonds is 2. The van der Waals surface area contributed by atoms with Crippen LogP contribution in [0.1, 0.15) is 11.9 Å². The molecule has 1 aromatic carbocycles. The normalized spacial score (nSPS) is 12.9. The van der Waals surface area contributed by atoms with E-state index in [0.29, 0.717) is 5.56 Å². The van der Waals surface area contributed by atoms with E-state index >= 15 is 0 Å². The SMILES string of the molecule is COC(O)c1ccc(O)cc1. The first-order valence-corrected chi connectivity index (χ1v) is 3.24. The maximum absolute atomic E-state index is 9.12. The van der Waals surface area contributed by atoms with Crippen molar-refractivity contribution in [3.63, 3.8) is 0 Å². The third-order valence-corrected chi connectivity index (χ3v) is 1.40. The van der Waals surface area contributed by atoms with Crippen LogP contribution < -0.4 is 0 Å². The van der Waals surface area contributed by atoms with E-state index in [2.05, 4.69) is 4.74 Å². The molecule has 0 saturated heterocycles. The lowest BCUT2D eigenvalue weighted by Crippen LogP contribution is -1.98. The molecule has 0 heterocycles. The molecule has 1 rings (SSSR count). The lowest BCUT2D eigenvalue weighted by atomic mass is 10.2. The molecule has 0 aliphatic heterocycles. The summed E-state index contributed by atoms with van der Waals surface area (Å²) >= 11 is 0. The van der Waals surface area contributed by atoms with Crippen LogP contribution in [0.25, 0.3) is 0 Å². The molecule has 0 bridgehead atoms. The Morgan fingerprint density at radius 2 is 1.82 bits per heavy atom. The van der Waals surface area contributed by atoms with E-state index in [1.165, 1.54) is 19.2 Å². The van der Waals surface area contributed by atoms with Crippen LogP contribution in [-0.2, 0) is 4.74 Å². The van der Waals surface area contributed by atoms with Crippen molar-refractivity contribution < 1.29 is 14.9 Å². The van der Waals surface area contributed by atoms with Crippen LogP contribution in [0.5, 0.6) is 5.75 Å². The molecule has 0 aliphatic rings. The second-order valence-corrected chi connectivity index (χ2v) is 2.18. The Bertz CT molecular complexity index is 217. The summed E-state index contributed by atoms with van der Waals surface area (Å²) in [7, 11) is 1.41. The van der Waals surface area contributed by atoms with Crippen LogP contribution in [0.4, 0.5) is 0 Å². The Morgan fingerprint density at radius 1 is 1.27 bits per heavy atom. The summed E-state index contributed by atoms with van der Waals surface area (Å²) in [4.78, 5) is 0. The van der Waals surface area contributed by atoms with E-state index in [9.17, 15) is 0 Å². The summed E-state index contributed by atoms with van der Waals surface area (Å²) in [5.74, 6) is 0.178. The topological polar surface area (TPSA) is 49.7 Å². The van der Waals surface area contributed by atoms with Gasteiger partial charge >= 0.3 is 0 Å². The van der Waals surface area contributed by atoms with Crippen LogP contribution in [0.15, 0.2) is 24.3 Å². The van der Waals surface area contributed by atoms with E-state index < -0.39 is 6.29 Å². The van der Waals surface area contributed by atoms with E-state index in [1.807, 2.05) is 0 Å². The molecule has 0 aliphatic carbocycles. The van der Waals surface area contributed by atoms with Gasteiger partial charge in [0, 0.05) is 12.7 Å². The molecule has 1 unspecified atom stereocenters. The fraction of sp³-hybridized carbons (Fsp3) is 0.250. The van der Waals surface area contributed by atoms with Crippen molar-refractivity contribution >= 4 is 0 Å². The molecular formula is C8H10O3. The second-order valence-electron chi connectivity index (χ2n) is 2.18. The summed E-state index contributed by atoms with van der Waals surface area (Å²) < 4.78 is 4.65. The van der Waals surface area contributed by atoms with Gasteiger partial charge in [0.05, 0.1) is 0 Å². The summed E-state index contributed by atoms with van der Waals surface area (Å²) in [6.07, 6.45) is -0.907. The van der Waals surface area contributed by atoms with Gasteiger partial charge in [0.25, 0.3) is 0 Å². The van der Waals surface area contributed by atoms with Gasteiger partial charge in [0.1, 0.15) is 5.75 Å². The van der Waals surface area contributed by atoms with Crippen molar-refractivity contribution in [1.29, 1.82) is 0 Å². The predicted octanol–water partition coefficient (Wildman–Crippen LogP) is 1.03. The highest BCUT2D eigenvalue weighted by molar-refractivity contribution is 5.26. The summed E-state index contributed by atoms with van der Waals surface area (Å²) in [6.45, 7) is 0. The minimum atomic E-state index is -0.907. The van der Waals surface area contributed by atoms with Crippen molar-refractivity contribution in [3.05, 3.63) is 29.8 Å². The Hall–Kier alpha value is -1.06. The molecule has 0 spiro atoms. The summed E-state index contributed by atoms with van der Waals surface area (Å²) in [6, 6.07) is 6.20. The average Bonchev–Trinajstić information content (AvgIpc) is 2.05. The maximum Gasteiger partial charge on any atom is 0.180 e. The number of aromatic hydroxyl groups is 1. The third kappa shape index (κ3) is 1.93. The zero-order chi connectivity index (χ0) is 8.27. The van der Waals surface area contributed by atoms with Crippen molar-refractivity contribution in [2.75, 3.05) is 7.11 Å². The largest absolute Gasteiger partial charge is 0.508 e. The summed E-state index contributed by atoms with van der Waals surface area (Å²) in [5, 5.41) is 18.0. The van der Waals surface area contributed by atoms with Crippen LogP contribution >= 0.6 is 0 Å². The monoisotopic (exact) mass is 154 g/mol. The molecule has 2 N–H and O–H groups in total. The third-order valence-electron chi connectivity index (χ3n) is 1.40. The molecule has 3 nitrogen and oxygen atoms in total. The van der Waals surface area contributed by atoms with Crippen LogP contribution in [-0.4, -0.2) is 17.3 Å². The first kappa shape index (κ1) is 8.04. The summed E-state index contributed by atoms with van der Waals surface area (Å²) in [5.41, 5.74) is 0.630. The van der Waals surface area contributed by atoms with Crippen LogP contribution in [0.2, 0.25) is 0 Å². The number of methoxy groups -OCH3 is 1. The molecule has 1 aromatic rings. The molecule has 0 amide bonds. The first-order chi connectivity index (χ1) is 5.24. The van der Waals surface area contributed by atoms with E-state index in [1.54, 1.807) is 12.1 Å². The lowest BCUT2D eigenvalue weighted by Gasteiger charge is -2.07. The van der Waals surface area contributed by atoms with E-state index in [0.717, 1.165) is 0 Å². The van der Waals surface area contributed by atoms with Gasteiger partial charge in [0.2, 0.25) is 0 Å². The fourth-order valence-electron chi connectivity index (χ4n) is 0.775. The van der Waals surface area contributed by atoms with Gasteiger partial charge in [-0.1, -0.05) is 12.1 Å². The van der Waals surface area contributed by atoms with Crippen LogP contribution in [0.3, 0.4) is 0 Å². The molecule has 3 heteroatoms. The highest BCUT2D eigenvalue weighted by Gasteiger charge is 2.03. The molecule has 1 atom stereocenters. The molecule has 0 fully saturated rings. The van der Waals surface area contributed by atoms with Gasteiger partial charge in [-0.2, -0.15) is 0 Å². The lowest BCUT2D eigenvalue weighted by molar-refractivity contribution is -0.0769. The quantitative estimate of drug-likeness (QED) is 0.625. The van der Waals surface area contributed by atoms with Crippen molar-refractivity contribution in [1.82, 2.24) is 0 Å². The highest BCUT2D eigenvalue weighted by Crippen LogP contribution is 2.16. The van der Waals surface area contributed by atoms with Crippen LogP contribution in [0, 0.1) is 0 Å². The van der Waals surface area contributed by atoms with Gasteiger partial charge in [-0.15, -0.1) is 0 Å². The highest BCUT2D eigenvalue weighted by atomic mass is 16.6. The minimum absolute atomic E-state index is 0.178. The molecule has 11 heavy (non-hydrogen) atoms. The second kappa shape index (κ2) is 3.37.